The minimum atomic E-state index is -1.03. The summed E-state index contributed by atoms with van der Waals surface area (Å²) < 4.78 is 19.0. The van der Waals surface area contributed by atoms with E-state index >= 15 is 0 Å². The fraction of sp³-hybridized carbons (Fsp3) is 0.263. The molecular formula is C19H20FNO4. The number of nitrogens with one attached hydrogen (secondary N) is 1. The number of carbonyl (C=O) groups excluding carboxylic acids is 1. The zero-order valence-electron chi connectivity index (χ0n) is 14.0. The van der Waals surface area contributed by atoms with E-state index in [-0.39, 0.29) is 5.75 Å². The second-order valence-electron chi connectivity index (χ2n) is 5.71. The molecule has 3 atom stereocenters. The molecule has 6 heteroatoms. The highest BCUT2D eigenvalue weighted by atomic mass is 19.1. The largest absolute Gasteiger partial charge is 0.481 e. The molecule has 132 valence electrons. The Bertz CT molecular complexity index is 735. The van der Waals surface area contributed by atoms with Crippen molar-refractivity contribution in [3.63, 3.8) is 0 Å². The Morgan fingerprint density at radius 3 is 2.24 bits per heavy atom. The lowest BCUT2D eigenvalue weighted by Gasteiger charge is -2.25. The number of hydrogen-bond donors (Lipinski definition) is 2. The van der Waals surface area contributed by atoms with Crippen LogP contribution in [0, 0.1) is 11.7 Å². The van der Waals surface area contributed by atoms with E-state index in [0.717, 1.165) is 0 Å². The third-order valence-electron chi connectivity index (χ3n) is 3.86. The van der Waals surface area contributed by atoms with Crippen molar-refractivity contribution < 1.29 is 23.8 Å². The Morgan fingerprint density at radius 2 is 1.64 bits per heavy atom. The number of aliphatic carboxylic acids is 1. The molecular weight excluding hydrogens is 325 g/mol. The molecule has 0 aliphatic carbocycles. The highest BCUT2D eigenvalue weighted by Gasteiger charge is 2.29. The van der Waals surface area contributed by atoms with Gasteiger partial charge in [0, 0.05) is 0 Å². The molecule has 0 aliphatic rings. The van der Waals surface area contributed by atoms with Crippen LogP contribution in [0.3, 0.4) is 0 Å². The summed E-state index contributed by atoms with van der Waals surface area (Å²) in [5.41, 5.74) is 0.670. The van der Waals surface area contributed by atoms with Gasteiger partial charge < -0.3 is 15.2 Å². The van der Waals surface area contributed by atoms with Crippen LogP contribution >= 0.6 is 0 Å². The number of rotatable bonds is 7. The lowest BCUT2D eigenvalue weighted by atomic mass is 9.94. The topological polar surface area (TPSA) is 75.6 Å². The summed E-state index contributed by atoms with van der Waals surface area (Å²) in [5.74, 6) is -3.00. The zero-order chi connectivity index (χ0) is 18.4. The molecule has 2 N–H and O–H groups in total. The summed E-state index contributed by atoms with van der Waals surface area (Å²) >= 11 is 0. The number of carboxylic acid groups (broad SMARTS) is 1. The Balaban J connectivity index is 2.13. The molecule has 0 saturated carbocycles. The number of halogens is 1. The van der Waals surface area contributed by atoms with Crippen molar-refractivity contribution in [1.82, 2.24) is 5.32 Å². The molecule has 0 bridgehead atoms. The van der Waals surface area contributed by atoms with E-state index in [0.29, 0.717) is 5.56 Å². The van der Waals surface area contributed by atoms with Crippen LogP contribution in [0.4, 0.5) is 4.39 Å². The number of para-hydroxylation sites is 1. The Labute approximate surface area is 145 Å². The van der Waals surface area contributed by atoms with Crippen LogP contribution in [-0.2, 0) is 9.59 Å². The fourth-order valence-corrected chi connectivity index (χ4v) is 2.35. The van der Waals surface area contributed by atoms with Gasteiger partial charge in [0.1, 0.15) is 0 Å². The second kappa shape index (κ2) is 8.28. The van der Waals surface area contributed by atoms with Gasteiger partial charge in [-0.3, -0.25) is 9.59 Å². The van der Waals surface area contributed by atoms with Crippen LogP contribution in [0.5, 0.6) is 5.75 Å². The van der Waals surface area contributed by atoms with Crippen LogP contribution in [0.2, 0.25) is 0 Å². The van der Waals surface area contributed by atoms with Gasteiger partial charge in [0.25, 0.3) is 5.91 Å². The molecule has 25 heavy (non-hydrogen) atoms. The summed E-state index contributed by atoms with van der Waals surface area (Å²) in [6, 6.07) is 13.9. The molecule has 0 fully saturated rings. The standard InChI is InChI=1S/C19H20FNO4/c1-12(19(23)24)17(14-8-4-3-5-9-14)21-18(22)13(2)25-16-11-7-6-10-15(16)20/h3-13,17H,1-2H3,(H,21,22)(H,23,24). The van der Waals surface area contributed by atoms with Crippen LogP contribution in [-0.4, -0.2) is 23.1 Å². The van der Waals surface area contributed by atoms with Crippen molar-refractivity contribution in [2.75, 3.05) is 0 Å². The number of benzene rings is 2. The molecule has 0 saturated heterocycles. The van der Waals surface area contributed by atoms with E-state index in [1.165, 1.54) is 32.0 Å². The molecule has 2 aromatic rings. The maximum Gasteiger partial charge on any atom is 0.308 e. The van der Waals surface area contributed by atoms with Crippen molar-refractivity contribution in [2.45, 2.75) is 26.0 Å². The van der Waals surface area contributed by atoms with E-state index in [9.17, 15) is 19.1 Å². The predicted molar refractivity (Wildman–Crippen MR) is 90.6 cm³/mol. The number of hydrogen-bond acceptors (Lipinski definition) is 3. The van der Waals surface area contributed by atoms with E-state index < -0.39 is 35.8 Å². The summed E-state index contributed by atoms with van der Waals surface area (Å²) in [5, 5.41) is 12.0. The van der Waals surface area contributed by atoms with Gasteiger partial charge in [-0.15, -0.1) is 0 Å². The number of carbonyl (C=O) groups is 2. The summed E-state index contributed by atoms with van der Waals surface area (Å²) in [6.07, 6.45) is -0.982. The Hall–Kier alpha value is -2.89. The SMILES string of the molecule is CC(Oc1ccccc1F)C(=O)NC(c1ccccc1)C(C)C(=O)O. The summed E-state index contributed by atoms with van der Waals surface area (Å²) in [4.78, 5) is 23.8. The van der Waals surface area contributed by atoms with Crippen LogP contribution in [0.15, 0.2) is 54.6 Å². The molecule has 0 radical (unpaired) electrons. The van der Waals surface area contributed by atoms with Crippen LogP contribution in [0.25, 0.3) is 0 Å². The molecule has 2 aromatic carbocycles. The first kappa shape index (κ1) is 18.4. The molecule has 0 spiro atoms. The van der Waals surface area contributed by atoms with E-state index in [1.54, 1.807) is 36.4 Å². The van der Waals surface area contributed by atoms with E-state index in [1.807, 2.05) is 0 Å². The van der Waals surface area contributed by atoms with E-state index in [2.05, 4.69) is 5.32 Å². The highest BCUT2D eigenvalue weighted by Crippen LogP contribution is 2.23. The summed E-state index contributed by atoms with van der Waals surface area (Å²) in [7, 11) is 0. The quantitative estimate of drug-likeness (QED) is 0.808. The first-order valence-corrected chi connectivity index (χ1v) is 7.89. The fourth-order valence-electron chi connectivity index (χ4n) is 2.35. The van der Waals surface area contributed by atoms with Gasteiger partial charge in [-0.1, -0.05) is 42.5 Å². The lowest BCUT2D eigenvalue weighted by Crippen LogP contribution is -2.42. The number of carboxylic acids is 1. The molecule has 0 heterocycles. The highest BCUT2D eigenvalue weighted by molar-refractivity contribution is 5.82. The van der Waals surface area contributed by atoms with Gasteiger partial charge in [-0.05, 0) is 31.5 Å². The maximum absolute atomic E-state index is 13.6. The minimum Gasteiger partial charge on any atom is -0.481 e. The van der Waals surface area contributed by atoms with Gasteiger partial charge in [0.2, 0.25) is 0 Å². The minimum absolute atomic E-state index is 0.0345. The molecule has 1 amide bonds. The smallest absolute Gasteiger partial charge is 0.308 e. The average Bonchev–Trinajstić information content (AvgIpc) is 2.61. The zero-order valence-corrected chi connectivity index (χ0v) is 14.0. The molecule has 0 aliphatic heterocycles. The first-order valence-electron chi connectivity index (χ1n) is 7.89. The molecule has 0 aromatic heterocycles. The third kappa shape index (κ3) is 4.79. The van der Waals surface area contributed by atoms with Crippen molar-refractivity contribution >= 4 is 11.9 Å². The summed E-state index contributed by atoms with van der Waals surface area (Å²) in [6.45, 7) is 3.00. The predicted octanol–water partition coefficient (Wildman–Crippen LogP) is 3.17. The number of amides is 1. The van der Waals surface area contributed by atoms with Gasteiger partial charge in [-0.2, -0.15) is 0 Å². The van der Waals surface area contributed by atoms with Crippen molar-refractivity contribution in [1.29, 1.82) is 0 Å². The van der Waals surface area contributed by atoms with Gasteiger partial charge in [0.15, 0.2) is 17.7 Å². The Morgan fingerprint density at radius 1 is 1.04 bits per heavy atom. The van der Waals surface area contributed by atoms with Crippen LogP contribution in [0.1, 0.15) is 25.5 Å². The second-order valence-corrected chi connectivity index (χ2v) is 5.71. The molecule has 3 unspecified atom stereocenters. The van der Waals surface area contributed by atoms with Gasteiger partial charge in [0.05, 0.1) is 12.0 Å². The lowest BCUT2D eigenvalue weighted by molar-refractivity contribution is -0.142. The Kier molecular flexibility index (Phi) is 6.11. The maximum atomic E-state index is 13.6. The monoisotopic (exact) mass is 345 g/mol. The van der Waals surface area contributed by atoms with Gasteiger partial charge >= 0.3 is 5.97 Å². The third-order valence-corrected chi connectivity index (χ3v) is 3.86. The molecule has 5 nitrogen and oxygen atoms in total. The van der Waals surface area contributed by atoms with Crippen molar-refractivity contribution in [3.8, 4) is 5.75 Å². The first-order chi connectivity index (χ1) is 11.9. The normalized spacial score (nSPS) is 14.2. The van der Waals surface area contributed by atoms with E-state index in [4.69, 9.17) is 4.74 Å². The van der Waals surface area contributed by atoms with Crippen molar-refractivity contribution in [2.24, 2.45) is 5.92 Å². The van der Waals surface area contributed by atoms with Crippen LogP contribution < -0.4 is 10.1 Å². The number of ether oxygens (including phenoxy) is 1. The molecule has 2 rings (SSSR count). The van der Waals surface area contributed by atoms with Crippen molar-refractivity contribution in [3.05, 3.63) is 66.0 Å². The average molecular weight is 345 g/mol. The van der Waals surface area contributed by atoms with Gasteiger partial charge in [-0.25, -0.2) is 4.39 Å².